The van der Waals surface area contributed by atoms with Crippen molar-refractivity contribution in [3.8, 4) is 11.5 Å². The van der Waals surface area contributed by atoms with Gasteiger partial charge in [-0.2, -0.15) is 0 Å². The van der Waals surface area contributed by atoms with Gasteiger partial charge < -0.3 is 15.4 Å². The molecule has 1 saturated heterocycles. The van der Waals surface area contributed by atoms with Gasteiger partial charge in [-0.1, -0.05) is 23.4 Å². The van der Waals surface area contributed by atoms with Crippen LogP contribution in [0.15, 0.2) is 48.5 Å². The van der Waals surface area contributed by atoms with Crippen molar-refractivity contribution >= 4 is 11.6 Å². The van der Waals surface area contributed by atoms with Crippen LogP contribution in [0.3, 0.4) is 0 Å². The maximum atomic E-state index is 13.4. The van der Waals surface area contributed by atoms with Crippen LogP contribution in [0.4, 0.5) is 10.1 Å². The Morgan fingerprint density at radius 1 is 1.21 bits per heavy atom. The molecule has 1 amide bonds. The number of aromatic nitrogens is 3. The normalized spacial score (nSPS) is 14.6. The molecule has 4 rings (SSSR count). The van der Waals surface area contributed by atoms with Crippen molar-refractivity contribution < 1.29 is 13.9 Å². The topological polar surface area (TPSA) is 81.1 Å². The Labute approximate surface area is 167 Å². The van der Waals surface area contributed by atoms with Crippen molar-refractivity contribution in [3.63, 3.8) is 0 Å². The Kier molecular flexibility index (Phi) is 5.53. The van der Waals surface area contributed by atoms with Gasteiger partial charge in [0.1, 0.15) is 11.6 Å². The van der Waals surface area contributed by atoms with Crippen LogP contribution in [0.1, 0.15) is 35.1 Å². The quantitative estimate of drug-likeness (QED) is 0.689. The monoisotopic (exact) mass is 395 g/mol. The Bertz CT molecular complexity index is 1010. The number of benzene rings is 2. The summed E-state index contributed by atoms with van der Waals surface area (Å²) in [6.07, 6.45) is 1.91. The highest BCUT2D eigenvalue weighted by molar-refractivity contribution is 6.04. The lowest BCUT2D eigenvalue weighted by Gasteiger charge is -2.23. The minimum absolute atomic E-state index is 0.244. The zero-order valence-electron chi connectivity index (χ0n) is 16.1. The molecule has 2 aromatic carbocycles. The van der Waals surface area contributed by atoms with Crippen molar-refractivity contribution in [2.24, 2.45) is 0 Å². The lowest BCUT2D eigenvalue weighted by molar-refractivity contribution is 0.102. The summed E-state index contributed by atoms with van der Waals surface area (Å²) in [5, 5.41) is 14.5. The van der Waals surface area contributed by atoms with Gasteiger partial charge in [0.15, 0.2) is 11.4 Å². The number of nitrogens with zero attached hydrogens (tertiary/aromatic N) is 3. The molecule has 1 aliphatic heterocycles. The van der Waals surface area contributed by atoms with Crippen LogP contribution in [-0.2, 0) is 0 Å². The van der Waals surface area contributed by atoms with Crippen LogP contribution in [0.2, 0.25) is 0 Å². The number of nitrogens with one attached hydrogen (secondary N) is 2. The van der Waals surface area contributed by atoms with E-state index in [1.165, 1.54) is 12.1 Å². The molecule has 0 saturated carbocycles. The number of amides is 1. The van der Waals surface area contributed by atoms with Crippen LogP contribution in [0.5, 0.6) is 11.5 Å². The molecular formula is C21H22FN5O2. The summed E-state index contributed by atoms with van der Waals surface area (Å²) in [7, 11) is 0. The maximum absolute atomic E-state index is 13.4. The van der Waals surface area contributed by atoms with Crippen molar-refractivity contribution in [1.82, 2.24) is 20.3 Å². The second kappa shape index (κ2) is 8.40. The molecule has 29 heavy (non-hydrogen) atoms. The molecule has 1 fully saturated rings. The molecule has 0 aliphatic carbocycles. The van der Waals surface area contributed by atoms with Crippen molar-refractivity contribution in [2.75, 3.05) is 18.4 Å². The maximum Gasteiger partial charge on any atom is 0.278 e. The number of para-hydroxylation sites is 2. The van der Waals surface area contributed by atoms with E-state index >= 15 is 0 Å². The average Bonchev–Trinajstić information content (AvgIpc) is 3.12. The Morgan fingerprint density at radius 2 is 2.00 bits per heavy atom. The number of ether oxygens (including phenoxy) is 1. The van der Waals surface area contributed by atoms with Crippen LogP contribution in [-0.4, -0.2) is 34.0 Å². The van der Waals surface area contributed by atoms with E-state index in [4.69, 9.17) is 4.74 Å². The van der Waals surface area contributed by atoms with Gasteiger partial charge in [0, 0.05) is 6.07 Å². The number of hydrogen-bond donors (Lipinski definition) is 2. The molecule has 0 spiro atoms. The first-order chi connectivity index (χ1) is 14.1. The molecule has 150 valence electrons. The highest BCUT2D eigenvalue weighted by Gasteiger charge is 2.23. The Morgan fingerprint density at radius 3 is 2.79 bits per heavy atom. The van der Waals surface area contributed by atoms with E-state index in [1.54, 1.807) is 36.4 Å². The summed E-state index contributed by atoms with van der Waals surface area (Å²) in [5.41, 5.74) is 1.49. The third-order valence-electron chi connectivity index (χ3n) is 4.96. The van der Waals surface area contributed by atoms with Gasteiger partial charge in [0.2, 0.25) is 0 Å². The van der Waals surface area contributed by atoms with Gasteiger partial charge in [0.05, 0.1) is 17.4 Å². The molecule has 0 unspecified atom stereocenters. The van der Waals surface area contributed by atoms with E-state index in [2.05, 4.69) is 20.9 Å². The molecule has 2 N–H and O–H groups in total. The number of carbonyl (C=O) groups is 1. The van der Waals surface area contributed by atoms with E-state index in [9.17, 15) is 9.18 Å². The average molecular weight is 395 g/mol. The lowest BCUT2D eigenvalue weighted by atomic mass is 10.1. The van der Waals surface area contributed by atoms with E-state index in [-0.39, 0.29) is 17.6 Å². The molecular weight excluding hydrogens is 373 g/mol. The highest BCUT2D eigenvalue weighted by atomic mass is 19.1. The van der Waals surface area contributed by atoms with Crippen molar-refractivity contribution in [3.05, 3.63) is 65.7 Å². The molecule has 1 aromatic heterocycles. The van der Waals surface area contributed by atoms with Gasteiger partial charge in [-0.3, -0.25) is 4.79 Å². The van der Waals surface area contributed by atoms with Gasteiger partial charge in [-0.05, 0) is 57.1 Å². The first-order valence-electron chi connectivity index (χ1n) is 9.58. The third-order valence-corrected chi connectivity index (χ3v) is 4.96. The Hall–Kier alpha value is -3.26. The molecule has 1 aliphatic rings. The predicted octanol–water partition coefficient (Wildman–Crippen LogP) is 3.69. The second-order valence-corrected chi connectivity index (χ2v) is 6.96. The number of rotatable bonds is 5. The smallest absolute Gasteiger partial charge is 0.278 e. The summed E-state index contributed by atoms with van der Waals surface area (Å²) < 4.78 is 21.0. The summed E-state index contributed by atoms with van der Waals surface area (Å²) in [4.78, 5) is 12.8. The number of halogens is 1. The number of hydrogen-bond acceptors (Lipinski definition) is 5. The molecule has 2 heterocycles. The predicted molar refractivity (Wildman–Crippen MR) is 107 cm³/mol. The number of piperidine rings is 1. The minimum atomic E-state index is -0.394. The van der Waals surface area contributed by atoms with Crippen LogP contribution < -0.4 is 15.4 Å². The second-order valence-electron chi connectivity index (χ2n) is 6.96. The van der Waals surface area contributed by atoms with E-state index in [0.717, 1.165) is 31.6 Å². The van der Waals surface area contributed by atoms with Gasteiger partial charge in [0.25, 0.3) is 5.91 Å². The molecule has 7 nitrogen and oxygen atoms in total. The van der Waals surface area contributed by atoms with Crippen LogP contribution >= 0.6 is 0 Å². The zero-order valence-corrected chi connectivity index (χ0v) is 16.1. The summed E-state index contributed by atoms with van der Waals surface area (Å²) in [6, 6.07) is 13.1. The standard InChI is InChI=1S/C21H22FN5O2/c1-14-20(25-26-27(14)16-9-11-23-12-10-16)21(28)24-18-7-2-3-8-19(18)29-17-6-4-5-15(22)13-17/h2-8,13,16,23H,9-12H2,1H3,(H,24,28). The molecule has 3 aromatic rings. The highest BCUT2D eigenvalue weighted by Crippen LogP contribution is 2.30. The lowest BCUT2D eigenvalue weighted by Crippen LogP contribution is -2.30. The Balaban J connectivity index is 1.52. The number of anilines is 1. The van der Waals surface area contributed by atoms with Gasteiger partial charge in [-0.25, -0.2) is 9.07 Å². The van der Waals surface area contributed by atoms with Crippen molar-refractivity contribution in [1.29, 1.82) is 0 Å². The third kappa shape index (κ3) is 4.27. The summed E-state index contributed by atoms with van der Waals surface area (Å²) >= 11 is 0. The number of carbonyl (C=O) groups excluding carboxylic acids is 1. The molecule has 0 bridgehead atoms. The fourth-order valence-corrected chi connectivity index (χ4v) is 3.45. The van der Waals surface area contributed by atoms with E-state index in [0.29, 0.717) is 17.2 Å². The summed E-state index contributed by atoms with van der Waals surface area (Å²) in [6.45, 7) is 3.71. The first kappa shape index (κ1) is 19.1. The minimum Gasteiger partial charge on any atom is -0.455 e. The molecule has 0 radical (unpaired) electrons. The fourth-order valence-electron chi connectivity index (χ4n) is 3.45. The molecule has 8 heteroatoms. The molecule has 0 atom stereocenters. The van der Waals surface area contributed by atoms with Gasteiger partial charge in [-0.15, -0.1) is 5.10 Å². The summed E-state index contributed by atoms with van der Waals surface area (Å²) in [5.74, 6) is 0.00160. The van der Waals surface area contributed by atoms with Crippen LogP contribution in [0, 0.1) is 12.7 Å². The first-order valence-corrected chi connectivity index (χ1v) is 9.58. The SMILES string of the molecule is Cc1c(C(=O)Nc2ccccc2Oc2cccc(F)c2)nnn1C1CCNCC1. The van der Waals surface area contributed by atoms with Crippen LogP contribution in [0.25, 0.3) is 0 Å². The van der Waals surface area contributed by atoms with E-state index < -0.39 is 5.82 Å². The van der Waals surface area contributed by atoms with Crippen molar-refractivity contribution in [2.45, 2.75) is 25.8 Å². The largest absolute Gasteiger partial charge is 0.455 e. The fraction of sp³-hybridized carbons (Fsp3) is 0.286. The van der Waals surface area contributed by atoms with E-state index in [1.807, 2.05) is 11.6 Å². The van der Waals surface area contributed by atoms with Gasteiger partial charge >= 0.3 is 0 Å². The zero-order chi connectivity index (χ0) is 20.2.